The molecule has 5 heteroatoms. The van der Waals surface area contributed by atoms with E-state index in [4.69, 9.17) is 0 Å². The van der Waals surface area contributed by atoms with Crippen molar-refractivity contribution in [3.63, 3.8) is 0 Å². The molecule has 0 spiro atoms. The summed E-state index contributed by atoms with van der Waals surface area (Å²) in [7, 11) is -1.14. The number of nitrogens with one attached hydrogen (secondary N) is 1. The molecule has 1 aliphatic carbocycles. The fraction of sp³-hybridized carbons (Fsp3) is 0.263. The number of Topliss-reactive ketones (excluding diaryl/α,β-unsaturated/α-hetero) is 1. The Morgan fingerprint density at radius 1 is 0.814 bits per heavy atom. The number of aliphatic hydroxyl groups is 1. The molecule has 0 bridgehead atoms. The Bertz CT molecular complexity index is 1590. The molecule has 43 heavy (non-hydrogen) atoms. The fourth-order valence-electron chi connectivity index (χ4n) is 6.37. The molecule has 6 rings (SSSR count). The fourth-order valence-corrected chi connectivity index (χ4v) is 9.97. The average Bonchev–Trinajstić information content (AvgIpc) is 3.36. The summed E-state index contributed by atoms with van der Waals surface area (Å²) >= 11 is 0. The van der Waals surface area contributed by atoms with Crippen molar-refractivity contribution in [1.82, 2.24) is 9.97 Å². The van der Waals surface area contributed by atoms with Crippen molar-refractivity contribution in [1.29, 1.82) is 0 Å². The molecule has 5 aromatic rings. The minimum Gasteiger partial charge on any atom is -0.396 e. The standard InChI is InChI=1S/C22H22N2O2.C16H20Si/c1-22(14-25)12-18-20(19(26)13-22)17(11-15-5-3-2-4-6-15)21(24-18)16-7-9-23-10-8-16;1-16(2,3)17(14-10-6-4-7-11-14)15-12-8-5-9-13-15/h2-10,24-25H,11-14H2,1H3;4-13,17H,1-3H3. The van der Waals surface area contributed by atoms with Crippen molar-refractivity contribution in [2.75, 3.05) is 6.61 Å². The van der Waals surface area contributed by atoms with Crippen LogP contribution in [-0.4, -0.2) is 36.3 Å². The number of nitrogens with zero attached hydrogens (tertiary/aromatic N) is 1. The monoisotopic (exact) mass is 586 g/mol. The number of aliphatic hydroxyl groups excluding tert-OH is 1. The van der Waals surface area contributed by atoms with E-state index >= 15 is 0 Å². The number of carbonyl (C=O) groups excluding carboxylic acids is 1. The molecule has 220 valence electrons. The summed E-state index contributed by atoms with van der Waals surface area (Å²) in [4.78, 5) is 20.6. The molecule has 4 nitrogen and oxygen atoms in total. The molecular formula is C38H42N2O2Si. The first-order valence-electron chi connectivity index (χ1n) is 15.1. The highest BCUT2D eigenvalue weighted by Crippen LogP contribution is 2.40. The molecule has 0 fully saturated rings. The van der Waals surface area contributed by atoms with Crippen LogP contribution in [0.1, 0.15) is 61.3 Å². The van der Waals surface area contributed by atoms with E-state index in [1.807, 2.05) is 37.3 Å². The highest BCUT2D eigenvalue weighted by molar-refractivity contribution is 6.87. The number of benzene rings is 3. The van der Waals surface area contributed by atoms with Gasteiger partial charge in [-0.25, -0.2) is 0 Å². The van der Waals surface area contributed by atoms with Gasteiger partial charge in [0.25, 0.3) is 0 Å². The number of aromatic nitrogens is 2. The summed E-state index contributed by atoms with van der Waals surface area (Å²) in [5.41, 5.74) is 5.59. The van der Waals surface area contributed by atoms with E-state index in [-0.39, 0.29) is 12.4 Å². The number of fused-ring (bicyclic) bond motifs is 1. The minimum absolute atomic E-state index is 0.00973. The quantitative estimate of drug-likeness (QED) is 0.220. The van der Waals surface area contributed by atoms with Crippen LogP contribution in [0, 0.1) is 5.41 Å². The predicted octanol–water partition coefficient (Wildman–Crippen LogP) is 6.62. The molecule has 3 aromatic carbocycles. The van der Waals surface area contributed by atoms with Crippen LogP contribution in [0.15, 0.2) is 116 Å². The molecule has 1 aliphatic rings. The second-order valence-electron chi connectivity index (χ2n) is 13.1. The summed E-state index contributed by atoms with van der Waals surface area (Å²) in [5, 5.41) is 13.2. The lowest BCUT2D eigenvalue weighted by Gasteiger charge is -2.30. The number of rotatable bonds is 6. The minimum atomic E-state index is -1.14. The number of ketones is 1. The Kier molecular flexibility index (Phi) is 9.24. The van der Waals surface area contributed by atoms with Crippen LogP contribution in [0.25, 0.3) is 11.3 Å². The van der Waals surface area contributed by atoms with E-state index in [9.17, 15) is 9.90 Å². The first-order chi connectivity index (χ1) is 20.7. The van der Waals surface area contributed by atoms with Gasteiger partial charge in [0.05, 0.1) is 5.69 Å². The lowest BCUT2D eigenvalue weighted by molar-refractivity contribution is 0.0784. The average molecular weight is 587 g/mol. The highest BCUT2D eigenvalue weighted by atomic mass is 28.3. The van der Waals surface area contributed by atoms with Crippen LogP contribution in [0.5, 0.6) is 0 Å². The van der Waals surface area contributed by atoms with Crippen molar-refractivity contribution in [2.45, 2.75) is 52.0 Å². The lowest BCUT2D eigenvalue weighted by Crippen LogP contribution is -2.48. The van der Waals surface area contributed by atoms with E-state index in [0.29, 0.717) is 24.3 Å². The first kappa shape index (κ1) is 30.4. The maximum absolute atomic E-state index is 13.0. The zero-order valence-electron chi connectivity index (χ0n) is 25.7. The van der Waals surface area contributed by atoms with Crippen molar-refractivity contribution in [2.24, 2.45) is 5.41 Å². The molecule has 0 radical (unpaired) electrons. The maximum atomic E-state index is 13.0. The van der Waals surface area contributed by atoms with E-state index < -0.39 is 14.2 Å². The molecule has 0 aliphatic heterocycles. The Labute approximate surface area is 257 Å². The van der Waals surface area contributed by atoms with Crippen molar-refractivity contribution < 1.29 is 9.90 Å². The molecule has 2 N–H and O–H groups in total. The van der Waals surface area contributed by atoms with Gasteiger partial charge >= 0.3 is 0 Å². The Balaban J connectivity index is 0.000000188. The predicted molar refractivity (Wildman–Crippen MR) is 180 cm³/mol. The van der Waals surface area contributed by atoms with Gasteiger partial charge in [-0.15, -0.1) is 0 Å². The molecule has 2 aromatic heterocycles. The highest BCUT2D eigenvalue weighted by Gasteiger charge is 2.38. The summed E-state index contributed by atoms with van der Waals surface area (Å²) < 4.78 is 0. The largest absolute Gasteiger partial charge is 0.396 e. The van der Waals surface area contributed by atoms with E-state index in [1.165, 1.54) is 15.9 Å². The smallest absolute Gasteiger partial charge is 0.165 e. The van der Waals surface area contributed by atoms with Crippen molar-refractivity contribution in [3.8, 4) is 11.3 Å². The van der Waals surface area contributed by atoms with Gasteiger partial charge in [-0.05, 0) is 34.7 Å². The van der Waals surface area contributed by atoms with E-state index in [2.05, 4.69) is 104 Å². The Morgan fingerprint density at radius 2 is 1.35 bits per heavy atom. The summed E-state index contributed by atoms with van der Waals surface area (Å²) in [5.74, 6) is 0.116. The third kappa shape index (κ3) is 7.12. The molecule has 1 atom stereocenters. The molecule has 0 saturated heterocycles. The van der Waals surface area contributed by atoms with Crippen molar-refractivity contribution in [3.05, 3.63) is 138 Å². The van der Waals surface area contributed by atoms with Crippen LogP contribution in [0.4, 0.5) is 0 Å². The van der Waals surface area contributed by atoms with Gasteiger partial charge in [-0.3, -0.25) is 9.78 Å². The van der Waals surface area contributed by atoms with E-state index in [1.54, 1.807) is 12.4 Å². The lowest BCUT2D eigenvalue weighted by atomic mass is 9.74. The number of hydrogen-bond donors (Lipinski definition) is 2. The Hall–Kier alpha value is -4.06. The number of hydrogen-bond acceptors (Lipinski definition) is 3. The molecule has 0 amide bonds. The Morgan fingerprint density at radius 3 is 1.86 bits per heavy atom. The van der Waals surface area contributed by atoms with Crippen LogP contribution < -0.4 is 10.4 Å². The van der Waals surface area contributed by atoms with Gasteiger partial charge in [0, 0.05) is 54.1 Å². The molecule has 1 unspecified atom stereocenters. The topological polar surface area (TPSA) is 66.0 Å². The van der Waals surface area contributed by atoms with Gasteiger partial charge in [0.15, 0.2) is 5.78 Å². The number of aromatic amines is 1. The van der Waals surface area contributed by atoms with Crippen LogP contribution in [0.2, 0.25) is 5.04 Å². The first-order valence-corrected chi connectivity index (χ1v) is 16.8. The van der Waals surface area contributed by atoms with Gasteiger partial charge in [-0.1, -0.05) is 129 Å². The number of carbonyl (C=O) groups is 1. The number of H-pyrrole nitrogens is 1. The second kappa shape index (κ2) is 13.1. The maximum Gasteiger partial charge on any atom is 0.165 e. The molecule has 0 saturated carbocycles. The van der Waals surface area contributed by atoms with Crippen LogP contribution in [-0.2, 0) is 12.8 Å². The van der Waals surface area contributed by atoms with Gasteiger partial charge in [0.1, 0.15) is 8.80 Å². The zero-order chi connectivity index (χ0) is 30.5. The summed E-state index contributed by atoms with van der Waals surface area (Å²) in [6.07, 6.45) is 5.29. The molecular weight excluding hydrogens is 545 g/mol. The van der Waals surface area contributed by atoms with Crippen LogP contribution in [0.3, 0.4) is 0 Å². The van der Waals surface area contributed by atoms with Gasteiger partial charge < -0.3 is 10.1 Å². The normalized spacial score (nSPS) is 16.4. The van der Waals surface area contributed by atoms with Gasteiger partial charge in [0.2, 0.25) is 0 Å². The second-order valence-corrected chi connectivity index (χ2v) is 17.0. The third-order valence-corrected chi connectivity index (χ3v) is 12.2. The number of pyridine rings is 1. The summed E-state index contributed by atoms with van der Waals surface area (Å²) in [6, 6.07) is 36.1. The van der Waals surface area contributed by atoms with Crippen molar-refractivity contribution >= 4 is 25.0 Å². The third-order valence-electron chi connectivity index (χ3n) is 8.36. The molecule has 2 heterocycles. The van der Waals surface area contributed by atoms with Gasteiger partial charge in [-0.2, -0.15) is 0 Å². The summed E-state index contributed by atoms with van der Waals surface area (Å²) in [6.45, 7) is 9.07. The SMILES string of the molecule is CC(C)(C)[SiH](c1ccccc1)c1ccccc1.CC1(CO)CC(=O)c2c([nH]c(-c3ccncc3)c2Cc2ccccc2)C1. The van der Waals surface area contributed by atoms with Crippen LogP contribution >= 0.6 is 0 Å². The zero-order valence-corrected chi connectivity index (χ0v) is 26.8. The van der Waals surface area contributed by atoms with E-state index in [0.717, 1.165) is 28.1 Å².